The molecule has 0 saturated carbocycles. The molecule has 0 heterocycles. The number of alkyl carbamates (subject to hydrolysis) is 1. The Morgan fingerprint density at radius 2 is 1.91 bits per heavy atom. The van der Waals surface area contributed by atoms with E-state index in [9.17, 15) is 14.0 Å². The fourth-order valence-electron chi connectivity index (χ4n) is 1.75. The van der Waals surface area contributed by atoms with Gasteiger partial charge in [-0.05, 0) is 45.4 Å². The zero-order valence-electron chi connectivity index (χ0n) is 14.0. The van der Waals surface area contributed by atoms with E-state index in [-0.39, 0.29) is 24.5 Å². The lowest BCUT2D eigenvalue weighted by molar-refractivity contribution is 0.0515. The predicted molar refractivity (Wildman–Crippen MR) is 82.2 cm³/mol. The summed E-state index contributed by atoms with van der Waals surface area (Å²) in [6, 6.07) is 2.75. The second-order valence-corrected chi connectivity index (χ2v) is 5.89. The molecular weight excluding hydrogens is 305 g/mol. The van der Waals surface area contributed by atoms with Crippen LogP contribution in [0.1, 0.15) is 36.7 Å². The Balaban J connectivity index is 2.64. The molecule has 0 aliphatic heterocycles. The third kappa shape index (κ3) is 6.14. The lowest BCUT2D eigenvalue weighted by atomic mass is 10.1. The number of hydrogen-bond acceptors (Lipinski definition) is 5. The van der Waals surface area contributed by atoms with Gasteiger partial charge in [0.05, 0.1) is 13.7 Å². The van der Waals surface area contributed by atoms with Gasteiger partial charge in [0.1, 0.15) is 29.3 Å². The number of halogens is 1. The Morgan fingerprint density at radius 1 is 1.26 bits per heavy atom. The van der Waals surface area contributed by atoms with E-state index in [0.717, 1.165) is 7.11 Å². The highest BCUT2D eigenvalue weighted by molar-refractivity contribution is 5.92. The minimum atomic E-state index is -0.822. The summed E-state index contributed by atoms with van der Waals surface area (Å²) in [5.41, 5.74) is -0.261. The number of methoxy groups -OCH3 is 1. The van der Waals surface area contributed by atoms with E-state index in [0.29, 0.717) is 5.56 Å². The molecule has 0 aliphatic carbocycles. The number of aryl methyl sites for hydroxylation is 1. The van der Waals surface area contributed by atoms with Crippen molar-refractivity contribution in [3.8, 4) is 5.75 Å². The van der Waals surface area contributed by atoms with Crippen LogP contribution in [0, 0.1) is 12.7 Å². The van der Waals surface area contributed by atoms with Crippen molar-refractivity contribution in [2.45, 2.75) is 33.3 Å². The summed E-state index contributed by atoms with van der Waals surface area (Å²) in [6.45, 7) is 7.12. The maximum atomic E-state index is 13.9. The van der Waals surface area contributed by atoms with Gasteiger partial charge in [0, 0.05) is 0 Å². The van der Waals surface area contributed by atoms with E-state index in [1.54, 1.807) is 27.7 Å². The Kier molecular flexibility index (Phi) is 6.36. The number of nitrogens with one attached hydrogen (secondary N) is 1. The van der Waals surface area contributed by atoms with Crippen molar-refractivity contribution in [2.75, 3.05) is 20.3 Å². The summed E-state index contributed by atoms with van der Waals surface area (Å²) >= 11 is 0. The Morgan fingerprint density at radius 3 is 2.48 bits per heavy atom. The zero-order chi connectivity index (χ0) is 17.6. The van der Waals surface area contributed by atoms with Gasteiger partial charge < -0.3 is 19.5 Å². The van der Waals surface area contributed by atoms with Crippen molar-refractivity contribution in [2.24, 2.45) is 0 Å². The normalized spacial score (nSPS) is 10.9. The molecule has 0 saturated heterocycles. The second-order valence-electron chi connectivity index (χ2n) is 5.89. The first-order valence-electron chi connectivity index (χ1n) is 7.12. The van der Waals surface area contributed by atoms with Crippen molar-refractivity contribution in [1.82, 2.24) is 5.32 Å². The van der Waals surface area contributed by atoms with Crippen LogP contribution in [-0.4, -0.2) is 37.9 Å². The minimum Gasteiger partial charge on any atom is -0.491 e. The van der Waals surface area contributed by atoms with Crippen LogP contribution in [0.3, 0.4) is 0 Å². The molecule has 1 aromatic carbocycles. The fraction of sp³-hybridized carbons (Fsp3) is 0.500. The topological polar surface area (TPSA) is 73.9 Å². The van der Waals surface area contributed by atoms with E-state index >= 15 is 0 Å². The number of amides is 1. The molecule has 6 nitrogen and oxygen atoms in total. The van der Waals surface area contributed by atoms with E-state index in [1.807, 2.05) is 0 Å². The molecule has 1 amide bonds. The smallest absolute Gasteiger partial charge is 0.407 e. The Hall–Kier alpha value is -2.31. The van der Waals surface area contributed by atoms with Gasteiger partial charge in [-0.3, -0.25) is 0 Å². The molecule has 0 aromatic heterocycles. The molecular formula is C16H22FNO5. The van der Waals surface area contributed by atoms with Crippen LogP contribution in [0.2, 0.25) is 0 Å². The van der Waals surface area contributed by atoms with E-state index in [1.165, 1.54) is 12.1 Å². The molecule has 0 radical (unpaired) electrons. The number of hydrogen-bond donors (Lipinski definition) is 1. The summed E-state index contributed by atoms with van der Waals surface area (Å²) in [5.74, 6) is -1.47. The van der Waals surface area contributed by atoms with Gasteiger partial charge in [0.25, 0.3) is 0 Å². The molecule has 0 unspecified atom stereocenters. The molecule has 0 aliphatic rings. The van der Waals surface area contributed by atoms with Gasteiger partial charge in [0.15, 0.2) is 0 Å². The zero-order valence-corrected chi connectivity index (χ0v) is 14.0. The van der Waals surface area contributed by atoms with Crippen molar-refractivity contribution in [3.05, 3.63) is 29.1 Å². The van der Waals surface area contributed by atoms with Gasteiger partial charge >= 0.3 is 12.1 Å². The van der Waals surface area contributed by atoms with Crippen LogP contribution < -0.4 is 10.1 Å². The molecule has 1 N–H and O–H groups in total. The third-order valence-electron chi connectivity index (χ3n) is 2.62. The predicted octanol–water partition coefficient (Wildman–Crippen LogP) is 2.82. The number of rotatable bonds is 5. The van der Waals surface area contributed by atoms with Crippen LogP contribution in [0.5, 0.6) is 5.75 Å². The first-order valence-corrected chi connectivity index (χ1v) is 7.12. The summed E-state index contributed by atoms with van der Waals surface area (Å²) in [5, 5.41) is 2.51. The van der Waals surface area contributed by atoms with Crippen molar-refractivity contribution in [1.29, 1.82) is 0 Å². The van der Waals surface area contributed by atoms with E-state index < -0.39 is 23.5 Å². The van der Waals surface area contributed by atoms with Gasteiger partial charge in [0.2, 0.25) is 0 Å². The van der Waals surface area contributed by atoms with Gasteiger partial charge in [-0.25, -0.2) is 14.0 Å². The Labute approximate surface area is 134 Å². The minimum absolute atomic E-state index is 0.0477. The van der Waals surface area contributed by atoms with Gasteiger partial charge in [-0.1, -0.05) is 0 Å². The van der Waals surface area contributed by atoms with E-state index in [2.05, 4.69) is 10.1 Å². The quantitative estimate of drug-likeness (QED) is 0.665. The maximum absolute atomic E-state index is 13.9. The van der Waals surface area contributed by atoms with Crippen molar-refractivity contribution < 1.29 is 28.2 Å². The van der Waals surface area contributed by atoms with Gasteiger partial charge in [-0.15, -0.1) is 0 Å². The number of benzene rings is 1. The molecule has 1 aromatic rings. The summed E-state index contributed by atoms with van der Waals surface area (Å²) < 4.78 is 28.9. The molecule has 0 bridgehead atoms. The lowest BCUT2D eigenvalue weighted by Gasteiger charge is -2.19. The fourth-order valence-corrected chi connectivity index (χ4v) is 1.75. The Bertz CT molecular complexity index is 581. The summed E-state index contributed by atoms with van der Waals surface area (Å²) in [7, 11) is 1.16. The van der Waals surface area contributed by atoms with Crippen LogP contribution in [0.15, 0.2) is 12.1 Å². The summed E-state index contributed by atoms with van der Waals surface area (Å²) in [6.07, 6.45) is -0.579. The summed E-state index contributed by atoms with van der Waals surface area (Å²) in [4.78, 5) is 23.1. The van der Waals surface area contributed by atoms with Crippen molar-refractivity contribution in [3.63, 3.8) is 0 Å². The first kappa shape index (κ1) is 18.7. The molecule has 7 heteroatoms. The highest BCUT2D eigenvalue weighted by atomic mass is 19.1. The number of ether oxygens (including phenoxy) is 3. The average Bonchev–Trinajstić information content (AvgIpc) is 2.40. The van der Waals surface area contributed by atoms with Crippen LogP contribution in [0.25, 0.3) is 0 Å². The van der Waals surface area contributed by atoms with Gasteiger partial charge in [-0.2, -0.15) is 0 Å². The first-order chi connectivity index (χ1) is 10.6. The van der Waals surface area contributed by atoms with Crippen LogP contribution >= 0.6 is 0 Å². The molecule has 128 valence electrons. The van der Waals surface area contributed by atoms with Crippen LogP contribution in [-0.2, 0) is 9.47 Å². The maximum Gasteiger partial charge on any atom is 0.407 e. The second kappa shape index (κ2) is 7.80. The van der Waals surface area contributed by atoms with Crippen LogP contribution in [0.4, 0.5) is 9.18 Å². The number of esters is 1. The number of carbonyl (C=O) groups excluding carboxylic acids is 2. The SMILES string of the molecule is COC(=O)c1c(F)cc(C)cc1OCCNC(=O)OC(C)(C)C. The average molecular weight is 327 g/mol. The van der Waals surface area contributed by atoms with E-state index in [4.69, 9.17) is 9.47 Å². The lowest BCUT2D eigenvalue weighted by Crippen LogP contribution is -2.34. The highest BCUT2D eigenvalue weighted by Gasteiger charge is 2.20. The standard InChI is InChI=1S/C16H22FNO5/c1-10-8-11(17)13(14(19)21-5)12(9-10)22-7-6-18-15(20)23-16(2,3)4/h8-9H,6-7H2,1-5H3,(H,18,20). The largest absolute Gasteiger partial charge is 0.491 e. The number of carbonyl (C=O) groups is 2. The molecule has 0 fully saturated rings. The molecule has 23 heavy (non-hydrogen) atoms. The third-order valence-corrected chi connectivity index (χ3v) is 2.62. The molecule has 0 atom stereocenters. The molecule has 0 spiro atoms. The monoisotopic (exact) mass is 327 g/mol. The highest BCUT2D eigenvalue weighted by Crippen LogP contribution is 2.24. The van der Waals surface area contributed by atoms with Crippen molar-refractivity contribution >= 4 is 12.1 Å². The molecule has 1 rings (SSSR count).